The average Bonchev–Trinajstić information content (AvgIpc) is 2.91. The van der Waals surface area contributed by atoms with E-state index in [-0.39, 0.29) is 24.4 Å². The maximum absolute atomic E-state index is 13.2. The van der Waals surface area contributed by atoms with Crippen molar-refractivity contribution in [3.8, 4) is 0 Å². The minimum atomic E-state index is -1.68. The fourth-order valence-corrected chi connectivity index (χ4v) is 3.67. The van der Waals surface area contributed by atoms with Gasteiger partial charge in [-0.05, 0) is 37.0 Å². The number of nitrogens with one attached hydrogen (secondary N) is 1. The van der Waals surface area contributed by atoms with E-state index in [0.717, 1.165) is 24.8 Å². The third-order valence-corrected chi connectivity index (χ3v) is 4.82. The lowest BCUT2D eigenvalue weighted by molar-refractivity contribution is -0.00643. The highest BCUT2D eigenvalue weighted by molar-refractivity contribution is 6.67. The Morgan fingerprint density at radius 3 is 2.62 bits per heavy atom. The van der Waals surface area contributed by atoms with Crippen molar-refractivity contribution in [2.75, 3.05) is 6.61 Å². The van der Waals surface area contributed by atoms with E-state index in [1.807, 2.05) is 0 Å². The van der Waals surface area contributed by atoms with E-state index in [4.69, 9.17) is 44.3 Å². The van der Waals surface area contributed by atoms with Crippen LogP contribution in [0, 0.1) is 5.82 Å². The molecule has 1 aromatic rings. The Balaban J connectivity index is 1.72. The zero-order valence-electron chi connectivity index (χ0n) is 12.7. The molecule has 0 spiro atoms. The van der Waals surface area contributed by atoms with Gasteiger partial charge in [0.15, 0.2) is 0 Å². The molecule has 2 fully saturated rings. The Bertz CT molecular complexity index is 593. The largest absolute Gasteiger partial charge is 0.508 e. The number of fused-ring (bicyclic) bond motifs is 2. The summed E-state index contributed by atoms with van der Waals surface area (Å²) >= 11 is 16.7. The van der Waals surface area contributed by atoms with Gasteiger partial charge in [-0.1, -0.05) is 46.9 Å². The molecule has 2 aliphatic heterocycles. The SMILES string of the molecule is O=C(OCC(Cl)(Cl)Cl)OC1C2CCC(CC1c1ccc(F)cc1)N2. The lowest BCUT2D eigenvalue weighted by Gasteiger charge is -2.37. The second-order valence-corrected chi connectivity index (χ2v) is 8.69. The summed E-state index contributed by atoms with van der Waals surface area (Å²) in [7, 11) is 0. The van der Waals surface area contributed by atoms with Crippen molar-refractivity contribution in [2.24, 2.45) is 0 Å². The number of hydrogen-bond acceptors (Lipinski definition) is 4. The molecule has 2 heterocycles. The van der Waals surface area contributed by atoms with Crippen LogP contribution in [0.15, 0.2) is 24.3 Å². The quantitative estimate of drug-likeness (QED) is 0.610. The van der Waals surface area contributed by atoms with Crippen molar-refractivity contribution in [3.05, 3.63) is 35.6 Å². The van der Waals surface area contributed by atoms with Crippen LogP contribution >= 0.6 is 34.8 Å². The molecule has 2 saturated heterocycles. The summed E-state index contributed by atoms with van der Waals surface area (Å²) in [5.74, 6) is -0.320. The first-order chi connectivity index (χ1) is 11.3. The molecule has 1 N–H and O–H groups in total. The van der Waals surface area contributed by atoms with E-state index in [1.165, 1.54) is 12.1 Å². The summed E-state index contributed by atoms with van der Waals surface area (Å²) in [6.07, 6.45) is 1.46. The molecule has 0 aliphatic carbocycles. The van der Waals surface area contributed by atoms with Crippen LogP contribution in [-0.2, 0) is 9.47 Å². The maximum atomic E-state index is 13.2. The minimum absolute atomic E-state index is 0.0235. The Morgan fingerprint density at radius 2 is 1.96 bits per heavy atom. The van der Waals surface area contributed by atoms with Gasteiger partial charge in [0.2, 0.25) is 3.79 Å². The van der Waals surface area contributed by atoms with Gasteiger partial charge >= 0.3 is 6.16 Å². The smallest absolute Gasteiger partial charge is 0.430 e. The van der Waals surface area contributed by atoms with Gasteiger partial charge in [-0.3, -0.25) is 0 Å². The number of halogens is 4. The number of carbonyl (C=O) groups is 1. The molecule has 0 aromatic heterocycles. The van der Waals surface area contributed by atoms with Crippen LogP contribution in [0.2, 0.25) is 0 Å². The predicted octanol–water partition coefficient (Wildman–Crippen LogP) is 4.33. The number of hydrogen-bond donors (Lipinski definition) is 1. The van der Waals surface area contributed by atoms with E-state index in [1.54, 1.807) is 12.1 Å². The molecule has 24 heavy (non-hydrogen) atoms. The van der Waals surface area contributed by atoms with Gasteiger partial charge in [-0.25, -0.2) is 9.18 Å². The second kappa shape index (κ2) is 7.24. The molecule has 3 rings (SSSR count). The Kier molecular flexibility index (Phi) is 5.45. The molecule has 4 atom stereocenters. The van der Waals surface area contributed by atoms with Crippen LogP contribution in [0.1, 0.15) is 30.7 Å². The summed E-state index contributed by atoms with van der Waals surface area (Å²) in [6, 6.07) is 6.71. The van der Waals surface area contributed by atoms with Gasteiger partial charge in [0.05, 0.1) is 0 Å². The first-order valence-electron chi connectivity index (χ1n) is 7.73. The Morgan fingerprint density at radius 1 is 1.25 bits per heavy atom. The van der Waals surface area contributed by atoms with E-state index in [9.17, 15) is 9.18 Å². The number of piperidine rings is 1. The van der Waals surface area contributed by atoms with Gasteiger partial charge in [-0.2, -0.15) is 0 Å². The molecule has 8 heteroatoms. The van der Waals surface area contributed by atoms with Gasteiger partial charge in [0.25, 0.3) is 0 Å². The first kappa shape index (κ1) is 18.1. The molecular weight excluding hydrogens is 380 g/mol. The number of rotatable bonds is 3. The molecule has 2 bridgehead atoms. The predicted molar refractivity (Wildman–Crippen MR) is 90.2 cm³/mol. The third kappa shape index (κ3) is 4.45. The molecule has 0 saturated carbocycles. The molecule has 2 aliphatic rings. The van der Waals surface area contributed by atoms with E-state index in [0.29, 0.717) is 6.04 Å². The van der Waals surface area contributed by atoms with Crippen molar-refractivity contribution in [1.29, 1.82) is 0 Å². The van der Waals surface area contributed by atoms with Gasteiger partial charge in [-0.15, -0.1) is 0 Å². The number of benzene rings is 1. The van der Waals surface area contributed by atoms with Crippen molar-refractivity contribution in [2.45, 2.75) is 47.2 Å². The van der Waals surface area contributed by atoms with Crippen molar-refractivity contribution < 1.29 is 18.7 Å². The van der Waals surface area contributed by atoms with Crippen LogP contribution in [0.25, 0.3) is 0 Å². The molecule has 0 amide bonds. The van der Waals surface area contributed by atoms with Crippen molar-refractivity contribution >= 4 is 41.0 Å². The van der Waals surface area contributed by atoms with Crippen LogP contribution in [0.4, 0.5) is 9.18 Å². The maximum Gasteiger partial charge on any atom is 0.508 e. The number of carbonyl (C=O) groups excluding carboxylic acids is 1. The summed E-state index contributed by atoms with van der Waals surface area (Å²) in [6.45, 7) is -0.384. The topological polar surface area (TPSA) is 47.6 Å². The zero-order chi connectivity index (χ0) is 17.3. The highest BCUT2D eigenvalue weighted by atomic mass is 35.6. The molecule has 4 nitrogen and oxygen atoms in total. The third-order valence-electron chi connectivity index (χ3n) is 4.49. The summed E-state index contributed by atoms with van der Waals surface area (Å²) < 4.78 is 21.9. The van der Waals surface area contributed by atoms with E-state index < -0.39 is 16.1 Å². The molecular formula is C16H17Cl3FNO3. The van der Waals surface area contributed by atoms with Gasteiger partial charge in [0.1, 0.15) is 18.5 Å². The van der Waals surface area contributed by atoms with E-state index >= 15 is 0 Å². The van der Waals surface area contributed by atoms with Crippen LogP contribution in [0.5, 0.6) is 0 Å². The van der Waals surface area contributed by atoms with Gasteiger partial charge in [0, 0.05) is 18.0 Å². The summed E-state index contributed by atoms with van der Waals surface area (Å²) in [4.78, 5) is 12.0. The monoisotopic (exact) mass is 395 g/mol. The van der Waals surface area contributed by atoms with Crippen LogP contribution < -0.4 is 5.32 Å². The Labute approximate surface area is 154 Å². The standard InChI is InChI=1S/C16H17Cl3FNO3/c17-16(18,19)8-23-15(22)24-14-12(7-11-5-6-13(14)21-11)9-1-3-10(20)4-2-9/h1-4,11-14,21H,5-8H2. The Hall–Kier alpha value is -0.750. The molecule has 132 valence electrons. The molecule has 0 radical (unpaired) electrons. The van der Waals surface area contributed by atoms with Gasteiger partial charge < -0.3 is 14.8 Å². The zero-order valence-corrected chi connectivity index (χ0v) is 15.0. The number of ether oxygens (including phenoxy) is 2. The van der Waals surface area contributed by atoms with Crippen LogP contribution in [-0.4, -0.2) is 34.7 Å². The summed E-state index contributed by atoms with van der Waals surface area (Å²) in [5, 5.41) is 3.44. The normalized spacial score (nSPS) is 29.3. The minimum Gasteiger partial charge on any atom is -0.430 e. The lowest BCUT2D eigenvalue weighted by Crippen LogP contribution is -2.50. The molecule has 4 unspecified atom stereocenters. The highest BCUT2D eigenvalue weighted by Crippen LogP contribution is 2.39. The second-order valence-electron chi connectivity index (χ2n) is 6.18. The lowest BCUT2D eigenvalue weighted by atomic mass is 9.83. The number of alkyl halides is 3. The van der Waals surface area contributed by atoms with E-state index in [2.05, 4.69) is 5.32 Å². The summed E-state index contributed by atoms with van der Waals surface area (Å²) in [5.41, 5.74) is 0.939. The van der Waals surface area contributed by atoms with Crippen LogP contribution in [0.3, 0.4) is 0 Å². The van der Waals surface area contributed by atoms with Crippen molar-refractivity contribution in [1.82, 2.24) is 5.32 Å². The average molecular weight is 397 g/mol. The molecule has 1 aromatic carbocycles. The van der Waals surface area contributed by atoms with Crippen molar-refractivity contribution in [3.63, 3.8) is 0 Å². The highest BCUT2D eigenvalue weighted by Gasteiger charge is 2.44. The fourth-order valence-electron chi connectivity index (χ4n) is 3.50. The first-order valence-corrected chi connectivity index (χ1v) is 8.87. The fraction of sp³-hybridized carbons (Fsp3) is 0.562.